The molecule has 5 nitrogen and oxygen atoms in total. The van der Waals surface area contributed by atoms with E-state index in [0.717, 1.165) is 12.1 Å². The molecule has 2 heterocycles. The first kappa shape index (κ1) is 16.1. The number of amides is 1. The number of carbonyl (C=O) groups excluding carboxylic acids is 1. The fraction of sp³-hybridized carbons (Fsp3) is 0.143. The summed E-state index contributed by atoms with van der Waals surface area (Å²) < 4.78 is 11.3. The molecule has 1 N–H and O–H groups in total. The molecule has 1 aliphatic rings. The van der Waals surface area contributed by atoms with Crippen molar-refractivity contribution in [2.75, 3.05) is 11.9 Å². The van der Waals surface area contributed by atoms with E-state index >= 15 is 0 Å². The van der Waals surface area contributed by atoms with Crippen molar-refractivity contribution in [1.29, 1.82) is 0 Å². The Balaban J connectivity index is 1.37. The predicted molar refractivity (Wildman–Crippen MR) is 98.5 cm³/mol. The van der Waals surface area contributed by atoms with E-state index in [9.17, 15) is 4.79 Å². The van der Waals surface area contributed by atoms with Gasteiger partial charge < -0.3 is 14.8 Å². The Bertz CT molecular complexity index is 895. The van der Waals surface area contributed by atoms with Gasteiger partial charge in [-0.1, -0.05) is 24.3 Å². The molecule has 1 aromatic heterocycles. The zero-order valence-corrected chi connectivity index (χ0v) is 14.1. The van der Waals surface area contributed by atoms with Gasteiger partial charge in [0.2, 0.25) is 6.10 Å². The summed E-state index contributed by atoms with van der Waals surface area (Å²) >= 11 is 0. The highest BCUT2D eigenvalue weighted by molar-refractivity contribution is 5.94. The second-order valence-corrected chi connectivity index (χ2v) is 6.08. The van der Waals surface area contributed by atoms with Gasteiger partial charge in [0.1, 0.15) is 6.61 Å². The smallest absolute Gasteiger partial charge is 0.269 e. The van der Waals surface area contributed by atoms with Gasteiger partial charge in [-0.15, -0.1) is 0 Å². The summed E-state index contributed by atoms with van der Waals surface area (Å²) in [7, 11) is 0. The summed E-state index contributed by atoms with van der Waals surface area (Å²) in [5.41, 5.74) is 3.10. The Morgan fingerprint density at radius 1 is 0.962 bits per heavy atom. The lowest BCUT2D eigenvalue weighted by atomic mass is 10.1. The first-order chi connectivity index (χ1) is 12.8. The molecule has 1 aliphatic heterocycles. The molecule has 130 valence electrons. The van der Waals surface area contributed by atoms with Crippen molar-refractivity contribution in [3.63, 3.8) is 0 Å². The van der Waals surface area contributed by atoms with E-state index in [1.165, 1.54) is 11.1 Å². The van der Waals surface area contributed by atoms with Crippen LogP contribution in [0.25, 0.3) is 0 Å². The van der Waals surface area contributed by atoms with Crippen LogP contribution in [0, 0.1) is 0 Å². The molecule has 0 aliphatic carbocycles. The third-order valence-corrected chi connectivity index (χ3v) is 4.18. The lowest BCUT2D eigenvalue weighted by Crippen LogP contribution is -2.40. The average Bonchev–Trinajstić information content (AvgIpc) is 2.70. The summed E-state index contributed by atoms with van der Waals surface area (Å²) in [4.78, 5) is 16.5. The summed E-state index contributed by atoms with van der Waals surface area (Å²) in [5.74, 6) is 1.03. The second kappa shape index (κ2) is 7.27. The molecule has 3 aromatic rings. The highest BCUT2D eigenvalue weighted by atomic mass is 16.6. The molecule has 0 spiro atoms. The maximum Gasteiger partial charge on any atom is 0.269 e. The summed E-state index contributed by atoms with van der Waals surface area (Å²) in [5, 5.41) is 2.88. The van der Waals surface area contributed by atoms with Crippen molar-refractivity contribution in [1.82, 2.24) is 4.98 Å². The molecule has 0 saturated heterocycles. The molecule has 2 aromatic carbocycles. The molecule has 1 atom stereocenters. The molecule has 4 rings (SSSR count). The van der Waals surface area contributed by atoms with Crippen LogP contribution in [0.4, 0.5) is 5.69 Å². The highest BCUT2D eigenvalue weighted by Gasteiger charge is 2.27. The number of carbonyl (C=O) groups is 1. The molecule has 5 heteroatoms. The van der Waals surface area contributed by atoms with Crippen molar-refractivity contribution in [2.45, 2.75) is 12.5 Å². The van der Waals surface area contributed by atoms with E-state index in [0.29, 0.717) is 11.5 Å². The van der Waals surface area contributed by atoms with Crippen LogP contribution in [0.15, 0.2) is 73.1 Å². The van der Waals surface area contributed by atoms with Crippen LogP contribution in [-0.2, 0) is 11.2 Å². The van der Waals surface area contributed by atoms with Gasteiger partial charge in [0.25, 0.3) is 5.91 Å². The van der Waals surface area contributed by atoms with Crippen molar-refractivity contribution in [2.24, 2.45) is 0 Å². The minimum Gasteiger partial charge on any atom is -0.485 e. The Kier molecular flexibility index (Phi) is 4.51. The average molecular weight is 346 g/mol. The van der Waals surface area contributed by atoms with E-state index in [1.54, 1.807) is 18.5 Å². The number of hydrogen-bond acceptors (Lipinski definition) is 4. The molecule has 0 unspecified atom stereocenters. The fourth-order valence-corrected chi connectivity index (χ4v) is 2.81. The van der Waals surface area contributed by atoms with Gasteiger partial charge >= 0.3 is 0 Å². The Morgan fingerprint density at radius 3 is 2.42 bits per heavy atom. The number of para-hydroxylation sites is 2. The van der Waals surface area contributed by atoms with Gasteiger partial charge in [0, 0.05) is 18.1 Å². The molecule has 1 amide bonds. The minimum atomic E-state index is -0.665. The van der Waals surface area contributed by atoms with Gasteiger partial charge in [0.05, 0.1) is 0 Å². The predicted octanol–water partition coefficient (Wildman–Crippen LogP) is 3.45. The number of nitrogens with zero attached hydrogens (tertiary/aromatic N) is 1. The number of pyridine rings is 1. The van der Waals surface area contributed by atoms with Crippen LogP contribution >= 0.6 is 0 Å². The molecule has 0 saturated carbocycles. The maximum absolute atomic E-state index is 12.4. The Hall–Kier alpha value is -3.34. The molecule has 0 fully saturated rings. The molecular formula is C21H18N2O3. The van der Waals surface area contributed by atoms with E-state index in [-0.39, 0.29) is 12.5 Å². The molecule has 26 heavy (non-hydrogen) atoms. The lowest BCUT2D eigenvalue weighted by Gasteiger charge is -2.25. The summed E-state index contributed by atoms with van der Waals surface area (Å²) in [6.07, 6.45) is 3.73. The minimum absolute atomic E-state index is 0.197. The van der Waals surface area contributed by atoms with Gasteiger partial charge in [-0.3, -0.25) is 9.78 Å². The third kappa shape index (κ3) is 3.67. The molecule has 0 bridgehead atoms. The van der Waals surface area contributed by atoms with E-state index in [1.807, 2.05) is 54.6 Å². The number of benzene rings is 2. The van der Waals surface area contributed by atoms with Gasteiger partial charge in [-0.2, -0.15) is 0 Å². The standard InChI is InChI=1S/C21H18N2O3/c24-21(20-14-25-18-3-1-2-4-19(18)26-20)23-17-7-5-15(6-8-17)13-16-9-11-22-12-10-16/h1-12,20H,13-14H2,(H,23,24)/t20-/m0/s1. The first-order valence-corrected chi connectivity index (χ1v) is 8.45. The zero-order chi connectivity index (χ0) is 17.8. The number of rotatable bonds is 4. The largest absolute Gasteiger partial charge is 0.485 e. The monoisotopic (exact) mass is 346 g/mol. The van der Waals surface area contributed by atoms with Gasteiger partial charge in [0.15, 0.2) is 11.5 Å². The Labute approximate surface area is 151 Å². The van der Waals surface area contributed by atoms with Crippen molar-refractivity contribution in [3.8, 4) is 11.5 Å². The normalized spacial score (nSPS) is 15.3. The van der Waals surface area contributed by atoms with Gasteiger partial charge in [-0.25, -0.2) is 0 Å². The third-order valence-electron chi connectivity index (χ3n) is 4.18. The Morgan fingerprint density at radius 2 is 1.65 bits per heavy atom. The quantitative estimate of drug-likeness (QED) is 0.786. The van der Waals surface area contributed by atoms with Crippen LogP contribution in [-0.4, -0.2) is 23.6 Å². The second-order valence-electron chi connectivity index (χ2n) is 6.08. The van der Waals surface area contributed by atoms with Crippen LogP contribution in [0.2, 0.25) is 0 Å². The summed E-state index contributed by atoms with van der Waals surface area (Å²) in [6, 6.07) is 19.1. The molecule has 0 radical (unpaired) electrons. The van der Waals surface area contributed by atoms with Crippen LogP contribution in [0.3, 0.4) is 0 Å². The number of anilines is 1. The summed E-state index contributed by atoms with van der Waals surface area (Å²) in [6.45, 7) is 0.197. The number of hydrogen-bond donors (Lipinski definition) is 1. The van der Waals surface area contributed by atoms with Crippen LogP contribution in [0.1, 0.15) is 11.1 Å². The van der Waals surface area contributed by atoms with E-state index in [2.05, 4.69) is 10.3 Å². The zero-order valence-electron chi connectivity index (χ0n) is 14.1. The SMILES string of the molecule is O=C(Nc1ccc(Cc2ccncc2)cc1)[C@@H]1COc2ccccc2O1. The maximum atomic E-state index is 12.4. The topological polar surface area (TPSA) is 60.5 Å². The lowest BCUT2D eigenvalue weighted by molar-refractivity contribution is -0.125. The van der Waals surface area contributed by atoms with Crippen molar-refractivity contribution in [3.05, 3.63) is 84.2 Å². The van der Waals surface area contributed by atoms with Crippen LogP contribution in [0.5, 0.6) is 11.5 Å². The fourth-order valence-electron chi connectivity index (χ4n) is 2.81. The van der Waals surface area contributed by atoms with Crippen molar-refractivity contribution < 1.29 is 14.3 Å². The number of aromatic nitrogens is 1. The number of nitrogens with one attached hydrogen (secondary N) is 1. The first-order valence-electron chi connectivity index (χ1n) is 8.45. The van der Waals surface area contributed by atoms with E-state index in [4.69, 9.17) is 9.47 Å². The number of ether oxygens (including phenoxy) is 2. The number of fused-ring (bicyclic) bond motifs is 1. The van der Waals surface area contributed by atoms with E-state index < -0.39 is 6.10 Å². The molecular weight excluding hydrogens is 328 g/mol. The van der Waals surface area contributed by atoms with Crippen molar-refractivity contribution >= 4 is 11.6 Å². The highest BCUT2D eigenvalue weighted by Crippen LogP contribution is 2.31. The van der Waals surface area contributed by atoms with Gasteiger partial charge in [-0.05, 0) is 53.9 Å². The van der Waals surface area contributed by atoms with Crippen LogP contribution < -0.4 is 14.8 Å².